The van der Waals surface area contributed by atoms with Gasteiger partial charge in [-0.2, -0.15) is 0 Å². The molecule has 1 aromatic rings. The van der Waals surface area contributed by atoms with Gasteiger partial charge in [0.1, 0.15) is 0 Å². The van der Waals surface area contributed by atoms with Crippen LogP contribution in [0.3, 0.4) is 0 Å². The molecule has 0 fully saturated rings. The lowest BCUT2D eigenvalue weighted by Crippen LogP contribution is -2.42. The lowest BCUT2D eigenvalue weighted by Gasteiger charge is -2.22. The number of hydrogen-bond acceptors (Lipinski definition) is 3. The summed E-state index contributed by atoms with van der Waals surface area (Å²) in [6.07, 6.45) is 4.01. The summed E-state index contributed by atoms with van der Waals surface area (Å²) in [7, 11) is 1.87. The van der Waals surface area contributed by atoms with Crippen molar-refractivity contribution in [3.05, 3.63) is 26.0 Å². The maximum atomic E-state index is 11.5. The monoisotopic (exact) mass is 251 g/mol. The van der Waals surface area contributed by atoms with Crippen molar-refractivity contribution in [3.63, 3.8) is 0 Å². The van der Waals surface area contributed by atoms with E-state index < -0.39 is 0 Å². The molecule has 0 bridgehead atoms. The van der Waals surface area contributed by atoms with Crippen molar-refractivity contribution >= 4 is 5.69 Å². The highest BCUT2D eigenvalue weighted by atomic mass is 16.2. The summed E-state index contributed by atoms with van der Waals surface area (Å²) in [6.45, 7) is 9.42. The van der Waals surface area contributed by atoms with Crippen molar-refractivity contribution in [3.8, 4) is 0 Å². The Hall–Kier alpha value is -1.12. The van der Waals surface area contributed by atoms with E-state index in [1.54, 1.807) is 0 Å². The molecule has 0 N–H and O–H groups in total. The second-order valence-electron chi connectivity index (χ2n) is 6.27. The average Bonchev–Trinajstić information content (AvgIpc) is 2.29. The van der Waals surface area contributed by atoms with Crippen molar-refractivity contribution in [1.29, 1.82) is 0 Å². The van der Waals surface area contributed by atoms with E-state index in [1.165, 1.54) is 0 Å². The minimum atomic E-state index is -0.301. The molecule has 0 saturated heterocycles. The van der Waals surface area contributed by atoms with Gasteiger partial charge in [-0.05, 0) is 31.6 Å². The van der Waals surface area contributed by atoms with Crippen LogP contribution in [0.15, 0.2) is 9.59 Å². The van der Waals surface area contributed by atoms with Crippen molar-refractivity contribution in [2.75, 3.05) is 18.5 Å². The first-order valence-corrected chi connectivity index (χ1v) is 6.81. The van der Waals surface area contributed by atoms with Crippen LogP contribution in [-0.4, -0.2) is 13.6 Å². The summed E-state index contributed by atoms with van der Waals surface area (Å²) >= 11 is 0. The van der Waals surface area contributed by atoms with Gasteiger partial charge in [0.05, 0.1) is 5.69 Å². The third kappa shape index (κ3) is 3.44. The summed E-state index contributed by atoms with van der Waals surface area (Å²) in [5.41, 5.74) is 1.18. The molecule has 0 heterocycles. The Morgan fingerprint density at radius 2 is 1.67 bits per heavy atom. The van der Waals surface area contributed by atoms with Gasteiger partial charge in [-0.3, -0.25) is 9.59 Å². The number of hydrogen-bond donors (Lipinski definition) is 0. The van der Waals surface area contributed by atoms with E-state index in [9.17, 15) is 9.59 Å². The predicted octanol–water partition coefficient (Wildman–Crippen LogP) is 2.50. The van der Waals surface area contributed by atoms with Crippen LogP contribution in [0, 0.1) is 5.41 Å². The molecular formula is C15H25NO2. The van der Waals surface area contributed by atoms with Gasteiger partial charge in [-0.1, -0.05) is 27.2 Å². The van der Waals surface area contributed by atoms with Gasteiger partial charge in [0.15, 0.2) is 0 Å². The lowest BCUT2D eigenvalue weighted by atomic mass is 9.88. The smallest absolute Gasteiger partial charge is 0.249 e. The standard InChI is InChI=1S/C15H25NO2/c1-6-16(5)12-11(13(17)14(12)18)9-7-8-10-15(2,3)4/h6-10H2,1-5H3. The minimum Gasteiger partial charge on any atom is -0.371 e. The maximum absolute atomic E-state index is 11.5. The molecule has 1 aromatic carbocycles. The largest absolute Gasteiger partial charge is 0.371 e. The van der Waals surface area contributed by atoms with Gasteiger partial charge in [-0.15, -0.1) is 0 Å². The zero-order valence-corrected chi connectivity index (χ0v) is 12.3. The van der Waals surface area contributed by atoms with E-state index in [0.29, 0.717) is 11.1 Å². The van der Waals surface area contributed by atoms with E-state index in [4.69, 9.17) is 0 Å². The van der Waals surface area contributed by atoms with Crippen LogP contribution in [0.25, 0.3) is 0 Å². The molecule has 18 heavy (non-hydrogen) atoms. The molecule has 3 heteroatoms. The number of nitrogens with zero attached hydrogens (tertiary/aromatic N) is 1. The highest BCUT2D eigenvalue weighted by Gasteiger charge is 2.22. The van der Waals surface area contributed by atoms with Crippen LogP contribution >= 0.6 is 0 Å². The normalized spacial score (nSPS) is 12.1. The average molecular weight is 251 g/mol. The third-order valence-corrected chi connectivity index (χ3v) is 3.44. The van der Waals surface area contributed by atoms with E-state index in [-0.39, 0.29) is 10.9 Å². The second-order valence-corrected chi connectivity index (χ2v) is 6.27. The van der Waals surface area contributed by atoms with E-state index in [0.717, 1.165) is 37.8 Å². The Morgan fingerprint density at radius 1 is 1.06 bits per heavy atom. The van der Waals surface area contributed by atoms with Gasteiger partial charge in [0.2, 0.25) is 10.9 Å². The molecule has 0 radical (unpaired) electrons. The van der Waals surface area contributed by atoms with Crippen LogP contribution in [-0.2, 0) is 6.42 Å². The third-order valence-electron chi connectivity index (χ3n) is 3.44. The fraction of sp³-hybridized carbons (Fsp3) is 0.733. The van der Waals surface area contributed by atoms with E-state index >= 15 is 0 Å². The Bertz CT molecular complexity index is 461. The highest BCUT2D eigenvalue weighted by Crippen LogP contribution is 2.23. The molecule has 1 rings (SSSR count). The van der Waals surface area contributed by atoms with Crippen LogP contribution in [0.1, 0.15) is 52.5 Å². The summed E-state index contributed by atoms with van der Waals surface area (Å²) in [4.78, 5) is 24.9. The topological polar surface area (TPSA) is 37.4 Å². The summed E-state index contributed by atoms with van der Waals surface area (Å²) in [5.74, 6) is 0. The van der Waals surface area contributed by atoms with Crippen molar-refractivity contribution in [2.45, 2.75) is 53.4 Å². The molecule has 0 aromatic heterocycles. The molecule has 0 spiro atoms. The minimum absolute atomic E-state index is 0.263. The fourth-order valence-corrected chi connectivity index (χ4v) is 2.18. The van der Waals surface area contributed by atoms with Crippen molar-refractivity contribution in [1.82, 2.24) is 0 Å². The quantitative estimate of drug-likeness (QED) is 0.576. The highest BCUT2D eigenvalue weighted by molar-refractivity contribution is 5.58. The maximum Gasteiger partial charge on any atom is 0.249 e. The Balaban J connectivity index is 2.56. The van der Waals surface area contributed by atoms with Gasteiger partial charge < -0.3 is 4.90 Å². The number of rotatable bonds is 6. The predicted molar refractivity (Wildman–Crippen MR) is 77.3 cm³/mol. The molecule has 0 aliphatic heterocycles. The zero-order chi connectivity index (χ0) is 13.9. The Morgan fingerprint density at radius 3 is 2.17 bits per heavy atom. The summed E-state index contributed by atoms with van der Waals surface area (Å²) in [6, 6.07) is 0. The molecule has 0 amide bonds. The SMILES string of the molecule is CCN(C)c1c(CCCCC(C)(C)C)c(=O)c1=O. The van der Waals surface area contributed by atoms with E-state index in [2.05, 4.69) is 20.8 Å². The lowest BCUT2D eigenvalue weighted by molar-refractivity contribution is 0.360. The number of unbranched alkanes of at least 4 members (excludes halogenated alkanes) is 1. The summed E-state index contributed by atoms with van der Waals surface area (Å²) < 4.78 is 0. The molecule has 0 unspecified atom stereocenters. The van der Waals surface area contributed by atoms with Gasteiger partial charge >= 0.3 is 0 Å². The van der Waals surface area contributed by atoms with Gasteiger partial charge in [0.25, 0.3) is 0 Å². The molecule has 0 atom stereocenters. The molecule has 0 aliphatic carbocycles. The van der Waals surface area contributed by atoms with Gasteiger partial charge in [0, 0.05) is 19.2 Å². The van der Waals surface area contributed by atoms with Crippen LogP contribution < -0.4 is 15.8 Å². The molecule has 0 saturated carbocycles. The molecule has 3 nitrogen and oxygen atoms in total. The van der Waals surface area contributed by atoms with Crippen LogP contribution in [0.5, 0.6) is 0 Å². The molecular weight excluding hydrogens is 226 g/mol. The molecule has 102 valence electrons. The second kappa shape index (κ2) is 5.68. The fourth-order valence-electron chi connectivity index (χ4n) is 2.18. The first-order chi connectivity index (χ1) is 8.28. The van der Waals surface area contributed by atoms with E-state index in [1.807, 2.05) is 18.9 Å². The first-order valence-electron chi connectivity index (χ1n) is 6.81. The molecule has 0 aliphatic rings. The summed E-state index contributed by atoms with van der Waals surface area (Å²) in [5, 5.41) is 0. The van der Waals surface area contributed by atoms with Crippen LogP contribution in [0.2, 0.25) is 0 Å². The Kier molecular flexibility index (Phi) is 4.71. The van der Waals surface area contributed by atoms with Crippen molar-refractivity contribution < 1.29 is 0 Å². The van der Waals surface area contributed by atoms with Crippen LogP contribution in [0.4, 0.5) is 5.69 Å². The Labute approximate surface area is 110 Å². The number of anilines is 1. The van der Waals surface area contributed by atoms with Gasteiger partial charge in [-0.25, -0.2) is 0 Å². The zero-order valence-electron chi connectivity index (χ0n) is 12.3. The first kappa shape index (κ1) is 14.9. The van der Waals surface area contributed by atoms with Crippen molar-refractivity contribution in [2.24, 2.45) is 5.41 Å².